The fraction of sp³-hybridized carbons (Fsp3) is 0. The minimum atomic E-state index is -0.616. The third kappa shape index (κ3) is 1.39. The molecule has 0 unspecified atom stereocenters. The fourth-order valence-corrected chi connectivity index (χ4v) is 1.12. The van der Waals surface area contributed by atoms with Crippen molar-refractivity contribution in [1.29, 1.82) is 0 Å². The predicted octanol–water partition coefficient (Wildman–Crippen LogP) is 0.302. The van der Waals surface area contributed by atoms with Gasteiger partial charge in [0, 0.05) is 0 Å². The summed E-state index contributed by atoms with van der Waals surface area (Å²) in [6, 6.07) is 2.43. The Morgan fingerprint density at radius 3 is 1.50 bits per heavy atom. The molecule has 0 fully saturated rings. The molecule has 0 saturated heterocycles. The lowest BCUT2D eigenvalue weighted by molar-refractivity contribution is -0.390. The van der Waals surface area contributed by atoms with Gasteiger partial charge in [0.05, 0.1) is 27.0 Å². The first-order chi connectivity index (χ1) is 6.61. The van der Waals surface area contributed by atoms with Gasteiger partial charge in [-0.05, 0) is 6.07 Å². The molecule has 0 aromatic carbocycles. The summed E-state index contributed by atoms with van der Waals surface area (Å²) in [6.07, 6.45) is 0. The summed E-state index contributed by atoms with van der Waals surface area (Å²) in [5.41, 5.74) is 0.451. The van der Waals surface area contributed by atoms with E-state index in [4.69, 9.17) is 0 Å². The van der Waals surface area contributed by atoms with Crippen LogP contribution in [-0.2, 0) is 0 Å². The molecular formula is C6H6N4O4. The van der Waals surface area contributed by atoms with Gasteiger partial charge in [0.25, 0.3) is 11.4 Å². The van der Waals surface area contributed by atoms with Crippen LogP contribution in [0.3, 0.4) is 0 Å². The molecule has 0 aromatic rings. The van der Waals surface area contributed by atoms with E-state index in [0.717, 1.165) is 6.07 Å². The van der Waals surface area contributed by atoms with Gasteiger partial charge in [-0.1, -0.05) is 0 Å². The minimum Gasteiger partial charge on any atom is -0.274 e. The van der Waals surface area contributed by atoms with Crippen LogP contribution in [0, 0.1) is 20.2 Å². The number of nitrogens with zero attached hydrogens (tertiary/aromatic N) is 2. The molecular weight excluding hydrogens is 192 g/mol. The smallest absolute Gasteiger partial charge is 0.274 e. The first-order valence-electron chi connectivity index (χ1n) is 3.42. The van der Waals surface area contributed by atoms with Crippen LogP contribution in [0.4, 0.5) is 11.4 Å². The normalized spacial score (nSPS) is 9.86. The molecule has 0 radical (unpaired) electrons. The second kappa shape index (κ2) is 3.36. The van der Waals surface area contributed by atoms with E-state index in [-0.39, 0.29) is 11.4 Å². The number of nitrogens with two attached hydrogens (primary N) is 2. The topological polar surface area (TPSA) is 138 Å². The maximum atomic E-state index is 10.3. The summed E-state index contributed by atoms with van der Waals surface area (Å²) in [7, 11) is 0. The molecule has 2 rings (SSSR count). The van der Waals surface area contributed by atoms with Crippen LogP contribution >= 0.6 is 0 Å². The lowest BCUT2D eigenvalue weighted by atomic mass is 10.5. The van der Waals surface area contributed by atoms with Gasteiger partial charge in [-0.15, -0.1) is 0 Å². The molecule has 0 heterocycles. The molecule has 0 spiro atoms. The Labute approximate surface area is 77.4 Å². The molecule has 0 atom stereocenters. The molecule has 8 heteroatoms. The molecule has 2 aliphatic carbocycles. The average molecular weight is 198 g/mol. The molecule has 14 heavy (non-hydrogen) atoms. The van der Waals surface area contributed by atoms with Crippen molar-refractivity contribution in [3.05, 3.63) is 32.4 Å². The third-order valence-corrected chi connectivity index (χ3v) is 1.71. The van der Waals surface area contributed by atoms with Gasteiger partial charge in [-0.3, -0.25) is 31.9 Å². The van der Waals surface area contributed by atoms with Gasteiger partial charge in [-0.2, -0.15) is 0 Å². The summed E-state index contributed by atoms with van der Waals surface area (Å²) < 4.78 is 0. The number of hydrazine groups is 1. The molecule has 0 aliphatic heterocycles. The maximum Gasteiger partial charge on any atom is 0.284 e. The number of hydrogen-bond donors (Lipinski definition) is 2. The van der Waals surface area contributed by atoms with Crippen LogP contribution in [0.25, 0.3) is 11.1 Å². The first-order valence-corrected chi connectivity index (χ1v) is 3.42. The minimum absolute atomic E-state index is 0.170. The van der Waals surface area contributed by atoms with Gasteiger partial charge < -0.3 is 0 Å². The standard InChI is InChI=1S/C6H2N2O4.H4N2/c9-7(10)5-2-6(8(11)12)4-1-3(4)5;1-2/h1-2H;1-2H2. The van der Waals surface area contributed by atoms with Crippen molar-refractivity contribution in [2.24, 2.45) is 11.7 Å². The van der Waals surface area contributed by atoms with E-state index in [9.17, 15) is 20.2 Å². The predicted molar refractivity (Wildman–Crippen MR) is 47.1 cm³/mol. The third-order valence-electron chi connectivity index (χ3n) is 1.71. The van der Waals surface area contributed by atoms with Crippen LogP contribution in [0.1, 0.15) is 0 Å². The van der Waals surface area contributed by atoms with Crippen LogP contribution in [0.5, 0.6) is 0 Å². The zero-order chi connectivity index (χ0) is 10.9. The fourth-order valence-electron chi connectivity index (χ4n) is 1.12. The molecule has 74 valence electrons. The zero-order valence-corrected chi connectivity index (χ0v) is 6.84. The monoisotopic (exact) mass is 198 g/mol. The van der Waals surface area contributed by atoms with E-state index in [0.29, 0.717) is 11.1 Å². The highest BCUT2D eigenvalue weighted by atomic mass is 16.6. The van der Waals surface area contributed by atoms with Gasteiger partial charge in [-0.25, -0.2) is 0 Å². The Hall–Kier alpha value is -2.06. The van der Waals surface area contributed by atoms with E-state index < -0.39 is 9.85 Å². The van der Waals surface area contributed by atoms with Crippen molar-refractivity contribution in [1.82, 2.24) is 0 Å². The Balaban J connectivity index is 0.000000461. The van der Waals surface area contributed by atoms with Crippen LogP contribution < -0.4 is 11.7 Å². The molecule has 0 saturated carbocycles. The van der Waals surface area contributed by atoms with Crippen molar-refractivity contribution in [2.75, 3.05) is 0 Å². The zero-order valence-electron chi connectivity index (χ0n) is 6.84. The van der Waals surface area contributed by atoms with Gasteiger partial charge >= 0.3 is 0 Å². The number of fused-ring (bicyclic) bond motifs is 1. The quantitative estimate of drug-likeness (QED) is 0.404. The highest BCUT2D eigenvalue weighted by Gasteiger charge is 2.37. The highest BCUT2D eigenvalue weighted by Crippen LogP contribution is 2.50. The van der Waals surface area contributed by atoms with Crippen molar-refractivity contribution in [3.63, 3.8) is 0 Å². The summed E-state index contributed by atoms with van der Waals surface area (Å²) in [6.45, 7) is 0. The van der Waals surface area contributed by atoms with E-state index in [1.807, 2.05) is 0 Å². The van der Waals surface area contributed by atoms with Crippen molar-refractivity contribution >= 4 is 11.4 Å². The summed E-state index contributed by atoms with van der Waals surface area (Å²) in [4.78, 5) is 19.3. The summed E-state index contributed by atoms with van der Waals surface area (Å²) >= 11 is 0. The van der Waals surface area contributed by atoms with E-state index in [1.54, 1.807) is 0 Å². The lowest BCUT2D eigenvalue weighted by Gasteiger charge is -1.82. The maximum absolute atomic E-state index is 10.3. The van der Waals surface area contributed by atoms with E-state index in [1.165, 1.54) is 6.07 Å². The molecule has 2 aliphatic rings. The molecule has 8 nitrogen and oxygen atoms in total. The van der Waals surface area contributed by atoms with Crippen molar-refractivity contribution in [3.8, 4) is 11.1 Å². The Morgan fingerprint density at radius 1 is 0.929 bits per heavy atom. The summed E-state index contributed by atoms with van der Waals surface area (Å²) in [5, 5.41) is 20.5. The van der Waals surface area contributed by atoms with E-state index >= 15 is 0 Å². The second-order valence-electron chi connectivity index (χ2n) is 2.40. The van der Waals surface area contributed by atoms with Gasteiger partial charge in [0.1, 0.15) is 0 Å². The Bertz CT molecular complexity index is 381. The molecule has 0 bridgehead atoms. The number of nitro groups is 2. The molecule has 4 N–H and O–H groups in total. The molecule has 0 amide bonds. The van der Waals surface area contributed by atoms with Crippen LogP contribution in [-0.4, -0.2) is 9.85 Å². The van der Waals surface area contributed by atoms with Crippen molar-refractivity contribution < 1.29 is 9.85 Å². The van der Waals surface area contributed by atoms with E-state index in [2.05, 4.69) is 11.7 Å². The highest BCUT2D eigenvalue weighted by molar-refractivity contribution is 5.97. The number of hydrogen-bond acceptors (Lipinski definition) is 6. The van der Waals surface area contributed by atoms with Gasteiger partial charge in [0.15, 0.2) is 0 Å². The van der Waals surface area contributed by atoms with Crippen LogP contribution in [0.15, 0.2) is 12.1 Å². The summed E-state index contributed by atoms with van der Waals surface area (Å²) in [5.74, 6) is 8.00. The average Bonchev–Trinajstić information content (AvgIpc) is 2.82. The second-order valence-corrected chi connectivity index (χ2v) is 2.40. The Kier molecular flexibility index (Phi) is 2.40. The van der Waals surface area contributed by atoms with Gasteiger partial charge in [0.2, 0.25) is 0 Å². The van der Waals surface area contributed by atoms with Crippen LogP contribution in [0.2, 0.25) is 0 Å². The molecule has 0 aromatic heterocycles. The van der Waals surface area contributed by atoms with Crippen molar-refractivity contribution in [2.45, 2.75) is 0 Å². The number of nitro benzene ring substituents is 2. The number of rotatable bonds is 2. The Morgan fingerprint density at radius 2 is 1.29 bits per heavy atom. The largest absolute Gasteiger partial charge is 0.284 e. The SMILES string of the molecule is NN.O=[N+]([O-])c1cc([N+](=O)[O-])c2cc1-2. The number of benzene rings is 1. The first kappa shape index (κ1) is 10.0. The lowest BCUT2D eigenvalue weighted by Crippen LogP contribution is -2.02.